The molecule has 3 rings (SSSR count). The number of hydrogen-bond donors (Lipinski definition) is 1. The normalized spacial score (nSPS) is 14.0. The molecule has 2 aromatic rings. The van der Waals surface area contributed by atoms with Crippen LogP contribution in [-0.4, -0.2) is 35.4 Å². The number of allylic oxidation sites excluding steroid dienone is 1. The van der Waals surface area contributed by atoms with Crippen molar-refractivity contribution in [1.29, 1.82) is 0 Å². The Hall–Kier alpha value is -3.06. The monoisotopic (exact) mass is 411 g/mol. The fourth-order valence-electron chi connectivity index (χ4n) is 2.47. The van der Waals surface area contributed by atoms with Crippen LogP contribution >= 0.6 is 15.9 Å². The summed E-state index contributed by atoms with van der Waals surface area (Å²) >= 11 is 3.33. The van der Waals surface area contributed by atoms with Crippen LogP contribution in [0.5, 0.6) is 0 Å². The first-order valence-corrected chi connectivity index (χ1v) is 8.55. The number of hydrogen-bond acceptors (Lipinski definition) is 4. The number of halogens is 1. The van der Waals surface area contributed by atoms with Crippen molar-refractivity contribution < 1.29 is 14.4 Å². The lowest BCUT2D eigenvalue weighted by atomic mass is 10.1. The molecule has 7 heteroatoms. The van der Waals surface area contributed by atoms with E-state index in [1.165, 1.54) is 6.21 Å². The van der Waals surface area contributed by atoms with E-state index in [-0.39, 0.29) is 6.54 Å². The highest BCUT2D eigenvalue weighted by Crippen LogP contribution is 2.21. The minimum absolute atomic E-state index is 0.308. The highest BCUT2D eigenvalue weighted by atomic mass is 79.9. The molecule has 26 heavy (non-hydrogen) atoms. The first-order chi connectivity index (χ1) is 12.6. The molecule has 0 atom stereocenters. The molecule has 0 radical (unpaired) electrons. The molecular formula is C19H14BrN3O3. The van der Waals surface area contributed by atoms with Crippen molar-refractivity contribution in [3.05, 3.63) is 75.8 Å². The number of amides is 3. The molecule has 0 saturated carbocycles. The predicted octanol–water partition coefficient (Wildman–Crippen LogP) is 2.82. The second-order valence-corrected chi connectivity index (χ2v) is 6.39. The fraction of sp³-hybridized carbons (Fsp3) is 0.0526. The molecule has 1 aliphatic heterocycles. The van der Waals surface area contributed by atoms with Crippen molar-refractivity contribution >= 4 is 45.9 Å². The van der Waals surface area contributed by atoms with Gasteiger partial charge in [-0.2, -0.15) is 5.10 Å². The van der Waals surface area contributed by atoms with Crippen molar-refractivity contribution in [1.82, 2.24) is 10.3 Å². The highest BCUT2D eigenvalue weighted by Gasteiger charge is 2.36. The van der Waals surface area contributed by atoms with Gasteiger partial charge in [0.25, 0.3) is 17.7 Å². The maximum atomic E-state index is 12.2. The molecule has 0 aromatic heterocycles. The maximum absolute atomic E-state index is 12.2. The standard InChI is InChI=1S/C19H14BrN3O3/c20-14(10-13-6-2-1-3-7-13)11-21-22-17(24)12-23-18(25)15-8-4-5-9-16(15)19(23)26/h1-11H,12H2,(H,22,24)/b14-10-,21-11+. The number of carbonyl (C=O) groups is 3. The van der Waals surface area contributed by atoms with Crippen LogP contribution in [0.15, 0.2) is 64.2 Å². The molecule has 1 N–H and O–H groups in total. The lowest BCUT2D eigenvalue weighted by Gasteiger charge is -2.11. The third-order valence-corrected chi connectivity index (χ3v) is 4.09. The summed E-state index contributed by atoms with van der Waals surface area (Å²) in [7, 11) is 0. The zero-order chi connectivity index (χ0) is 18.5. The largest absolute Gasteiger partial charge is 0.271 e. The highest BCUT2D eigenvalue weighted by molar-refractivity contribution is 9.12. The summed E-state index contributed by atoms with van der Waals surface area (Å²) in [6, 6.07) is 16.1. The van der Waals surface area contributed by atoms with Crippen LogP contribution in [0.3, 0.4) is 0 Å². The van der Waals surface area contributed by atoms with Crippen molar-refractivity contribution in [2.24, 2.45) is 5.10 Å². The van der Waals surface area contributed by atoms with Crippen LogP contribution in [0.2, 0.25) is 0 Å². The number of carbonyl (C=O) groups excluding carboxylic acids is 3. The number of hydrazone groups is 1. The molecule has 0 aliphatic carbocycles. The first-order valence-electron chi connectivity index (χ1n) is 7.75. The van der Waals surface area contributed by atoms with Gasteiger partial charge in [0.2, 0.25) is 0 Å². The van der Waals surface area contributed by atoms with E-state index in [9.17, 15) is 14.4 Å². The van der Waals surface area contributed by atoms with E-state index in [1.807, 2.05) is 36.4 Å². The number of nitrogens with one attached hydrogen (secondary N) is 1. The minimum Gasteiger partial charge on any atom is -0.271 e. The van der Waals surface area contributed by atoms with E-state index in [0.29, 0.717) is 15.6 Å². The van der Waals surface area contributed by atoms with E-state index in [4.69, 9.17) is 0 Å². The third-order valence-electron chi connectivity index (χ3n) is 3.66. The number of fused-ring (bicyclic) bond motifs is 1. The van der Waals surface area contributed by atoms with Gasteiger partial charge in [-0.3, -0.25) is 19.3 Å². The molecule has 0 fully saturated rings. The van der Waals surface area contributed by atoms with E-state index in [0.717, 1.165) is 10.5 Å². The van der Waals surface area contributed by atoms with Gasteiger partial charge in [-0.05, 0) is 39.7 Å². The van der Waals surface area contributed by atoms with Crippen molar-refractivity contribution in [3.63, 3.8) is 0 Å². The van der Waals surface area contributed by atoms with Crippen LogP contribution in [0.25, 0.3) is 6.08 Å². The van der Waals surface area contributed by atoms with Crippen LogP contribution in [0, 0.1) is 0 Å². The Kier molecular flexibility index (Phi) is 5.38. The molecular weight excluding hydrogens is 398 g/mol. The number of benzene rings is 2. The molecule has 0 unspecified atom stereocenters. The van der Waals surface area contributed by atoms with E-state index < -0.39 is 17.7 Å². The van der Waals surface area contributed by atoms with Crippen LogP contribution in [0.1, 0.15) is 26.3 Å². The quantitative estimate of drug-likeness (QED) is 0.466. The second-order valence-electron chi connectivity index (χ2n) is 5.48. The fourth-order valence-corrected chi connectivity index (χ4v) is 2.84. The Morgan fingerprint density at radius 3 is 2.19 bits per heavy atom. The summed E-state index contributed by atoms with van der Waals surface area (Å²) in [6.45, 7) is -0.385. The summed E-state index contributed by atoms with van der Waals surface area (Å²) in [4.78, 5) is 37.3. The Morgan fingerprint density at radius 2 is 1.58 bits per heavy atom. The smallest absolute Gasteiger partial charge is 0.262 e. The summed E-state index contributed by atoms with van der Waals surface area (Å²) in [5, 5.41) is 3.82. The number of imide groups is 1. The lowest BCUT2D eigenvalue weighted by Crippen LogP contribution is -2.38. The van der Waals surface area contributed by atoms with Gasteiger partial charge >= 0.3 is 0 Å². The van der Waals surface area contributed by atoms with Gasteiger partial charge < -0.3 is 0 Å². The molecule has 1 aliphatic rings. The third kappa shape index (κ3) is 3.94. The van der Waals surface area contributed by atoms with Crippen molar-refractivity contribution in [2.75, 3.05) is 6.54 Å². The van der Waals surface area contributed by atoms with Crippen LogP contribution in [0.4, 0.5) is 0 Å². The summed E-state index contributed by atoms with van der Waals surface area (Å²) in [6.07, 6.45) is 3.26. The average molecular weight is 412 g/mol. The zero-order valence-electron chi connectivity index (χ0n) is 13.6. The Morgan fingerprint density at radius 1 is 1.00 bits per heavy atom. The van der Waals surface area contributed by atoms with Crippen molar-refractivity contribution in [2.45, 2.75) is 0 Å². The summed E-state index contributed by atoms with van der Waals surface area (Å²) in [5.74, 6) is -1.51. The lowest BCUT2D eigenvalue weighted by molar-refractivity contribution is -0.121. The van der Waals surface area contributed by atoms with Gasteiger partial charge in [-0.1, -0.05) is 42.5 Å². The van der Waals surface area contributed by atoms with Crippen LogP contribution < -0.4 is 5.43 Å². The van der Waals surface area contributed by atoms with Gasteiger partial charge in [0.05, 0.1) is 17.3 Å². The van der Waals surface area contributed by atoms with E-state index in [1.54, 1.807) is 24.3 Å². The Labute approximate surface area is 158 Å². The number of nitrogens with zero attached hydrogens (tertiary/aromatic N) is 2. The molecule has 130 valence electrons. The first kappa shape index (κ1) is 17.8. The minimum atomic E-state index is -0.559. The molecule has 0 spiro atoms. The molecule has 0 saturated heterocycles. The van der Waals surface area contributed by atoms with Gasteiger partial charge in [-0.25, -0.2) is 5.43 Å². The Balaban J connectivity index is 1.58. The zero-order valence-corrected chi connectivity index (χ0v) is 15.1. The maximum Gasteiger partial charge on any atom is 0.262 e. The van der Waals surface area contributed by atoms with Crippen molar-refractivity contribution in [3.8, 4) is 0 Å². The molecule has 6 nitrogen and oxygen atoms in total. The molecule has 3 amide bonds. The summed E-state index contributed by atoms with van der Waals surface area (Å²) in [5.41, 5.74) is 3.90. The Bertz CT molecular complexity index is 888. The average Bonchev–Trinajstić information content (AvgIpc) is 2.88. The molecule has 2 aromatic carbocycles. The van der Waals surface area contributed by atoms with Gasteiger partial charge in [-0.15, -0.1) is 0 Å². The van der Waals surface area contributed by atoms with Gasteiger partial charge in [0.1, 0.15) is 6.54 Å². The van der Waals surface area contributed by atoms with E-state index in [2.05, 4.69) is 26.5 Å². The van der Waals surface area contributed by atoms with Gasteiger partial charge in [0, 0.05) is 4.48 Å². The number of rotatable bonds is 5. The van der Waals surface area contributed by atoms with Gasteiger partial charge in [0.15, 0.2) is 0 Å². The van der Waals surface area contributed by atoms with E-state index >= 15 is 0 Å². The van der Waals surface area contributed by atoms with Crippen LogP contribution in [-0.2, 0) is 4.79 Å². The SMILES string of the molecule is O=C(CN1C(=O)c2ccccc2C1=O)N/N=C/C(Br)=C/c1ccccc1. The molecule has 0 bridgehead atoms. The summed E-state index contributed by atoms with van der Waals surface area (Å²) < 4.78 is 0.657. The molecule has 1 heterocycles. The predicted molar refractivity (Wildman–Crippen MR) is 102 cm³/mol. The second kappa shape index (κ2) is 7.88. The topological polar surface area (TPSA) is 78.8 Å².